The number of halogens is 1. The van der Waals surface area contributed by atoms with Crippen LogP contribution >= 0.6 is 23.8 Å². The van der Waals surface area contributed by atoms with Crippen molar-refractivity contribution in [3.8, 4) is 5.75 Å². The van der Waals surface area contributed by atoms with Gasteiger partial charge in [-0.3, -0.25) is 0 Å². The molecule has 1 aromatic rings. The van der Waals surface area contributed by atoms with Gasteiger partial charge in [-0.05, 0) is 31.0 Å². The molecule has 1 aliphatic heterocycles. The minimum atomic E-state index is 0.0610. The topological polar surface area (TPSA) is 44.5 Å². The van der Waals surface area contributed by atoms with Gasteiger partial charge in [-0.1, -0.05) is 36.7 Å². The predicted molar refractivity (Wildman–Crippen MR) is 88.1 cm³/mol. The number of hydrogen-bond donors (Lipinski definition) is 1. The number of hydrogen-bond acceptors (Lipinski definition) is 3. The van der Waals surface area contributed by atoms with E-state index in [0.717, 1.165) is 38.0 Å². The van der Waals surface area contributed by atoms with Gasteiger partial charge in [0.05, 0.1) is 17.2 Å². The molecule has 1 saturated heterocycles. The highest BCUT2D eigenvalue weighted by Gasteiger charge is 2.40. The van der Waals surface area contributed by atoms with Gasteiger partial charge in [0.1, 0.15) is 16.8 Å². The molecule has 5 heteroatoms. The van der Waals surface area contributed by atoms with E-state index in [1.54, 1.807) is 6.07 Å². The molecule has 1 heterocycles. The molecule has 114 valence electrons. The van der Waals surface area contributed by atoms with Crippen LogP contribution in [0.5, 0.6) is 5.75 Å². The predicted octanol–water partition coefficient (Wildman–Crippen LogP) is 3.84. The number of ether oxygens (including phenoxy) is 2. The molecule has 0 aromatic heterocycles. The summed E-state index contributed by atoms with van der Waals surface area (Å²) in [5.41, 5.74) is 6.37. The highest BCUT2D eigenvalue weighted by atomic mass is 35.5. The molecule has 3 nitrogen and oxygen atoms in total. The zero-order valence-electron chi connectivity index (χ0n) is 11.9. The number of thiocarbonyl (C=S) groups is 1. The fourth-order valence-corrected chi connectivity index (χ4v) is 3.92. The zero-order chi connectivity index (χ0) is 14.9. The lowest BCUT2D eigenvalue weighted by molar-refractivity contribution is -0.108. The van der Waals surface area contributed by atoms with Gasteiger partial charge < -0.3 is 15.2 Å². The largest absolute Gasteiger partial charge is 0.490 e. The van der Waals surface area contributed by atoms with Gasteiger partial charge in [0.25, 0.3) is 0 Å². The first kappa shape index (κ1) is 15.1. The van der Waals surface area contributed by atoms with Crippen LogP contribution in [0.2, 0.25) is 5.02 Å². The average molecular weight is 326 g/mol. The van der Waals surface area contributed by atoms with Gasteiger partial charge in [-0.15, -0.1) is 0 Å². The Bertz CT molecular complexity index is 543. The first-order valence-corrected chi connectivity index (χ1v) is 8.27. The van der Waals surface area contributed by atoms with Crippen molar-refractivity contribution < 1.29 is 9.47 Å². The molecule has 2 fully saturated rings. The summed E-state index contributed by atoms with van der Waals surface area (Å²) in [6.45, 7) is 0.781. The molecular formula is C16H20ClNO2S. The second-order valence-corrected chi connectivity index (χ2v) is 6.82. The Morgan fingerprint density at radius 3 is 2.81 bits per heavy atom. The third kappa shape index (κ3) is 3.33. The van der Waals surface area contributed by atoms with Gasteiger partial charge in [0.2, 0.25) is 0 Å². The summed E-state index contributed by atoms with van der Waals surface area (Å²) in [6.07, 6.45) is 6.95. The highest BCUT2D eigenvalue weighted by Crippen LogP contribution is 2.41. The summed E-state index contributed by atoms with van der Waals surface area (Å²) < 4.78 is 12.1. The normalized spacial score (nSPS) is 24.1. The van der Waals surface area contributed by atoms with Crippen LogP contribution in [0.15, 0.2) is 18.2 Å². The fourth-order valence-electron chi connectivity index (χ4n) is 3.41. The number of rotatable bonds is 3. The summed E-state index contributed by atoms with van der Waals surface area (Å²) in [7, 11) is 0. The van der Waals surface area contributed by atoms with E-state index in [1.165, 1.54) is 12.8 Å². The van der Waals surface area contributed by atoms with E-state index < -0.39 is 0 Å². The molecule has 1 saturated carbocycles. The van der Waals surface area contributed by atoms with Crippen molar-refractivity contribution in [3.05, 3.63) is 28.8 Å². The second kappa shape index (κ2) is 6.11. The van der Waals surface area contributed by atoms with Crippen molar-refractivity contribution in [1.29, 1.82) is 0 Å². The third-order valence-electron chi connectivity index (χ3n) is 4.47. The van der Waals surface area contributed by atoms with Crippen LogP contribution < -0.4 is 10.5 Å². The molecule has 0 radical (unpaired) electrons. The van der Waals surface area contributed by atoms with E-state index in [0.29, 0.717) is 15.6 Å². The maximum absolute atomic E-state index is 6.19. The Morgan fingerprint density at radius 1 is 1.38 bits per heavy atom. The molecule has 1 spiro atoms. The van der Waals surface area contributed by atoms with Crippen LogP contribution in [-0.4, -0.2) is 23.3 Å². The lowest BCUT2D eigenvalue weighted by Gasteiger charge is -2.38. The van der Waals surface area contributed by atoms with Crippen molar-refractivity contribution in [2.24, 2.45) is 5.73 Å². The molecule has 2 aliphatic rings. The van der Waals surface area contributed by atoms with E-state index in [1.807, 2.05) is 12.1 Å². The minimum Gasteiger partial charge on any atom is -0.490 e. The molecule has 1 aliphatic carbocycles. The van der Waals surface area contributed by atoms with Crippen LogP contribution in [0, 0.1) is 0 Å². The van der Waals surface area contributed by atoms with E-state index in [4.69, 9.17) is 39.0 Å². The molecule has 21 heavy (non-hydrogen) atoms. The van der Waals surface area contributed by atoms with Crippen molar-refractivity contribution in [1.82, 2.24) is 0 Å². The first-order valence-electron chi connectivity index (χ1n) is 7.48. The number of benzene rings is 1. The van der Waals surface area contributed by atoms with Gasteiger partial charge in [-0.25, -0.2) is 0 Å². The average Bonchev–Trinajstić information content (AvgIpc) is 2.86. The molecule has 1 aromatic carbocycles. The molecule has 1 unspecified atom stereocenters. The summed E-state index contributed by atoms with van der Waals surface area (Å²) in [5, 5.41) is 0.544. The van der Waals surface area contributed by atoms with Gasteiger partial charge >= 0.3 is 0 Å². The van der Waals surface area contributed by atoms with Gasteiger partial charge in [-0.2, -0.15) is 0 Å². The summed E-state index contributed by atoms with van der Waals surface area (Å²) in [4.78, 5) is 0.308. The molecular weight excluding hydrogens is 306 g/mol. The Morgan fingerprint density at radius 2 is 2.14 bits per heavy atom. The molecule has 0 bridgehead atoms. The van der Waals surface area contributed by atoms with E-state index in [2.05, 4.69) is 0 Å². The van der Waals surface area contributed by atoms with Crippen LogP contribution in [0.3, 0.4) is 0 Å². The van der Waals surface area contributed by atoms with E-state index in [-0.39, 0.29) is 11.7 Å². The van der Waals surface area contributed by atoms with Crippen molar-refractivity contribution >= 4 is 28.8 Å². The summed E-state index contributed by atoms with van der Waals surface area (Å²) in [6, 6.07) is 5.51. The Kier molecular flexibility index (Phi) is 4.38. The maximum atomic E-state index is 6.19. The van der Waals surface area contributed by atoms with E-state index in [9.17, 15) is 0 Å². The van der Waals surface area contributed by atoms with Crippen molar-refractivity contribution in [2.75, 3.05) is 6.61 Å². The standard InChI is InChI=1S/C16H20ClNO2S/c17-14-9-11(3-4-13(14)15(18)21)20-12-5-8-19-16(10-12)6-1-2-7-16/h3-4,9,12H,1-2,5-8,10H2,(H2,18,21). The summed E-state index contributed by atoms with van der Waals surface area (Å²) >= 11 is 11.1. The highest BCUT2D eigenvalue weighted by molar-refractivity contribution is 7.80. The molecule has 1 atom stereocenters. The quantitative estimate of drug-likeness (QED) is 0.857. The zero-order valence-corrected chi connectivity index (χ0v) is 13.5. The second-order valence-electron chi connectivity index (χ2n) is 5.98. The summed E-state index contributed by atoms with van der Waals surface area (Å²) in [5.74, 6) is 0.778. The number of nitrogens with two attached hydrogens (primary N) is 1. The van der Waals surface area contributed by atoms with Gasteiger partial charge in [0, 0.05) is 18.4 Å². The maximum Gasteiger partial charge on any atom is 0.121 e. The van der Waals surface area contributed by atoms with Crippen LogP contribution in [0.25, 0.3) is 0 Å². The van der Waals surface area contributed by atoms with Crippen molar-refractivity contribution in [2.45, 2.75) is 50.2 Å². The minimum absolute atomic E-state index is 0.0610. The lowest BCUT2D eigenvalue weighted by atomic mass is 9.90. The lowest BCUT2D eigenvalue weighted by Crippen LogP contribution is -2.41. The van der Waals surface area contributed by atoms with E-state index >= 15 is 0 Å². The van der Waals surface area contributed by atoms with Crippen LogP contribution in [0.1, 0.15) is 44.1 Å². The third-order valence-corrected chi connectivity index (χ3v) is 5.00. The molecule has 2 N–H and O–H groups in total. The van der Waals surface area contributed by atoms with Crippen LogP contribution in [0.4, 0.5) is 0 Å². The Balaban J connectivity index is 1.68. The van der Waals surface area contributed by atoms with Gasteiger partial charge in [0.15, 0.2) is 0 Å². The van der Waals surface area contributed by atoms with Crippen LogP contribution in [-0.2, 0) is 4.74 Å². The SMILES string of the molecule is NC(=S)c1ccc(OC2CCOC3(CCCC3)C2)cc1Cl. The molecule has 0 amide bonds. The fraction of sp³-hybridized carbons (Fsp3) is 0.562. The monoisotopic (exact) mass is 325 g/mol. The van der Waals surface area contributed by atoms with Crippen molar-refractivity contribution in [3.63, 3.8) is 0 Å². The Labute approximate surface area is 135 Å². The first-order chi connectivity index (χ1) is 10.1. The smallest absolute Gasteiger partial charge is 0.121 e. The Hall–Kier alpha value is -0.840. The molecule has 3 rings (SSSR count).